The van der Waals surface area contributed by atoms with Gasteiger partial charge in [-0.25, -0.2) is 4.39 Å². The van der Waals surface area contributed by atoms with Crippen molar-refractivity contribution in [3.8, 4) is 23.0 Å². The lowest BCUT2D eigenvalue weighted by Crippen LogP contribution is -2.20. The van der Waals surface area contributed by atoms with Crippen LogP contribution in [0.15, 0.2) is 97.1 Å². The molecule has 4 aromatic rings. The van der Waals surface area contributed by atoms with Crippen LogP contribution in [0.4, 0.5) is 15.8 Å². The van der Waals surface area contributed by atoms with Gasteiger partial charge in [0.05, 0.1) is 7.11 Å². The molecule has 2 N–H and O–H groups in total. The minimum absolute atomic E-state index is 0.206. The summed E-state index contributed by atoms with van der Waals surface area (Å²) in [6, 6.07) is 28.4. The lowest BCUT2D eigenvalue weighted by atomic mass is 10.2. The highest BCUT2D eigenvalue weighted by atomic mass is 19.1. The highest BCUT2D eigenvalue weighted by Gasteiger charge is 2.10. The van der Waals surface area contributed by atoms with Crippen molar-refractivity contribution in [1.29, 1.82) is 0 Å². The molecule has 0 fully saturated rings. The summed E-state index contributed by atoms with van der Waals surface area (Å²) in [6.45, 7) is 0.364. The van der Waals surface area contributed by atoms with Crippen LogP contribution in [0.1, 0.15) is 5.56 Å². The summed E-state index contributed by atoms with van der Waals surface area (Å²) in [7, 11) is 1.55. The Morgan fingerprint density at radius 3 is 2.20 bits per heavy atom. The van der Waals surface area contributed by atoms with E-state index < -0.39 is 0 Å². The van der Waals surface area contributed by atoms with Crippen LogP contribution < -0.4 is 24.8 Å². The fourth-order valence-electron chi connectivity index (χ4n) is 3.28. The van der Waals surface area contributed by atoms with E-state index >= 15 is 0 Å². The Hall–Kier alpha value is -4.52. The van der Waals surface area contributed by atoms with E-state index in [-0.39, 0.29) is 18.3 Å². The van der Waals surface area contributed by atoms with Gasteiger partial charge < -0.3 is 24.8 Å². The molecule has 0 atom stereocenters. The van der Waals surface area contributed by atoms with E-state index in [0.29, 0.717) is 23.7 Å². The van der Waals surface area contributed by atoms with Gasteiger partial charge in [0.15, 0.2) is 18.1 Å². The number of benzene rings is 4. The maximum Gasteiger partial charge on any atom is 0.262 e. The molecule has 6 nitrogen and oxygen atoms in total. The number of hydrogen-bond donors (Lipinski definition) is 2. The van der Waals surface area contributed by atoms with Gasteiger partial charge in [-0.3, -0.25) is 4.79 Å². The molecule has 0 aromatic heterocycles. The second-order valence-electron chi connectivity index (χ2n) is 7.62. The van der Waals surface area contributed by atoms with Crippen LogP contribution in [-0.4, -0.2) is 19.6 Å². The first-order valence-electron chi connectivity index (χ1n) is 11.0. The molecule has 0 unspecified atom stereocenters. The number of halogens is 1. The third kappa shape index (κ3) is 6.98. The van der Waals surface area contributed by atoms with Gasteiger partial charge in [0.25, 0.3) is 5.91 Å². The fraction of sp³-hybridized carbons (Fsp3) is 0.107. The Bertz CT molecular complexity index is 1250. The Balaban J connectivity index is 1.29. The van der Waals surface area contributed by atoms with Gasteiger partial charge in [-0.1, -0.05) is 24.3 Å². The summed E-state index contributed by atoms with van der Waals surface area (Å²) in [4.78, 5) is 12.1. The monoisotopic (exact) mass is 472 g/mol. The molecular weight excluding hydrogens is 447 g/mol. The number of nitrogens with one attached hydrogen (secondary N) is 2. The zero-order valence-corrected chi connectivity index (χ0v) is 19.2. The second kappa shape index (κ2) is 11.6. The summed E-state index contributed by atoms with van der Waals surface area (Å²) in [5.74, 6) is 1.79. The molecule has 35 heavy (non-hydrogen) atoms. The number of para-hydroxylation sites is 1. The first-order valence-corrected chi connectivity index (χ1v) is 11.0. The molecule has 0 spiro atoms. The molecule has 1 amide bonds. The molecule has 0 saturated carbocycles. The van der Waals surface area contributed by atoms with Crippen molar-refractivity contribution >= 4 is 17.3 Å². The van der Waals surface area contributed by atoms with Gasteiger partial charge >= 0.3 is 0 Å². The van der Waals surface area contributed by atoms with E-state index in [9.17, 15) is 9.18 Å². The van der Waals surface area contributed by atoms with Crippen LogP contribution in [0.25, 0.3) is 0 Å². The number of carbonyl (C=O) groups is 1. The van der Waals surface area contributed by atoms with Crippen LogP contribution in [0.2, 0.25) is 0 Å². The molecule has 0 saturated heterocycles. The smallest absolute Gasteiger partial charge is 0.262 e. The first-order chi connectivity index (χ1) is 17.1. The maximum atomic E-state index is 13.0. The van der Waals surface area contributed by atoms with E-state index in [1.807, 2.05) is 66.7 Å². The average molecular weight is 473 g/mol. The SMILES string of the molecule is COc1cc(CNc2ccc(Oc3ccccc3)cc2)ccc1OCC(=O)Nc1ccc(F)cc1. The van der Waals surface area contributed by atoms with E-state index in [1.165, 1.54) is 24.3 Å². The highest BCUT2D eigenvalue weighted by Crippen LogP contribution is 2.29. The molecule has 0 aliphatic rings. The number of hydrogen-bond acceptors (Lipinski definition) is 5. The predicted molar refractivity (Wildman–Crippen MR) is 134 cm³/mol. The zero-order valence-electron chi connectivity index (χ0n) is 19.2. The molecule has 0 aliphatic carbocycles. The Morgan fingerprint density at radius 2 is 1.49 bits per heavy atom. The third-order valence-electron chi connectivity index (χ3n) is 5.04. The molecule has 7 heteroatoms. The Labute approximate surface area is 203 Å². The minimum Gasteiger partial charge on any atom is -0.493 e. The second-order valence-corrected chi connectivity index (χ2v) is 7.62. The summed E-state index contributed by atoms with van der Waals surface area (Å²) >= 11 is 0. The normalized spacial score (nSPS) is 10.3. The number of ether oxygens (including phenoxy) is 3. The van der Waals surface area contributed by atoms with Crippen LogP contribution in [0.3, 0.4) is 0 Å². The third-order valence-corrected chi connectivity index (χ3v) is 5.04. The fourth-order valence-corrected chi connectivity index (χ4v) is 3.28. The molecule has 0 aliphatic heterocycles. The van der Waals surface area contributed by atoms with Crippen LogP contribution in [-0.2, 0) is 11.3 Å². The van der Waals surface area contributed by atoms with E-state index in [2.05, 4.69) is 10.6 Å². The van der Waals surface area contributed by atoms with Crippen molar-refractivity contribution < 1.29 is 23.4 Å². The number of carbonyl (C=O) groups excluding carboxylic acids is 1. The van der Waals surface area contributed by atoms with Crippen molar-refractivity contribution in [2.45, 2.75) is 6.54 Å². The zero-order chi connectivity index (χ0) is 24.5. The lowest BCUT2D eigenvalue weighted by Gasteiger charge is -2.13. The topological polar surface area (TPSA) is 68.8 Å². The van der Waals surface area contributed by atoms with Crippen LogP contribution >= 0.6 is 0 Å². The maximum absolute atomic E-state index is 13.0. The molecule has 4 rings (SSSR count). The largest absolute Gasteiger partial charge is 0.493 e. The van der Waals surface area contributed by atoms with Gasteiger partial charge in [-0.15, -0.1) is 0 Å². The number of methoxy groups -OCH3 is 1. The first kappa shape index (κ1) is 23.6. The van der Waals surface area contributed by atoms with Gasteiger partial charge in [-0.2, -0.15) is 0 Å². The van der Waals surface area contributed by atoms with Crippen molar-refractivity contribution in [1.82, 2.24) is 0 Å². The highest BCUT2D eigenvalue weighted by molar-refractivity contribution is 5.91. The molecule has 0 radical (unpaired) electrons. The molecule has 4 aromatic carbocycles. The number of amides is 1. The van der Waals surface area contributed by atoms with Gasteiger partial charge in [0.2, 0.25) is 0 Å². The van der Waals surface area contributed by atoms with Crippen molar-refractivity contribution in [2.24, 2.45) is 0 Å². The molecule has 178 valence electrons. The van der Waals surface area contributed by atoms with Gasteiger partial charge in [0.1, 0.15) is 17.3 Å². The Kier molecular flexibility index (Phi) is 7.81. The van der Waals surface area contributed by atoms with Crippen molar-refractivity contribution in [3.05, 3.63) is 108 Å². The molecular formula is C28H25FN2O4. The van der Waals surface area contributed by atoms with E-state index in [0.717, 1.165) is 22.7 Å². The quantitative estimate of drug-likeness (QED) is 0.285. The number of anilines is 2. The van der Waals surface area contributed by atoms with E-state index in [1.54, 1.807) is 13.2 Å². The van der Waals surface area contributed by atoms with E-state index in [4.69, 9.17) is 14.2 Å². The molecule has 0 bridgehead atoms. The van der Waals surface area contributed by atoms with Gasteiger partial charge in [-0.05, 0) is 78.4 Å². The summed E-state index contributed by atoms with van der Waals surface area (Å²) in [6.07, 6.45) is 0. The van der Waals surface area contributed by atoms with Crippen LogP contribution in [0, 0.1) is 5.82 Å². The standard InChI is InChI=1S/C28H25FN2O4/c1-33-27-17-20(7-16-26(27)34-19-28(32)31-23-10-8-21(29)9-11-23)18-30-22-12-14-25(15-13-22)35-24-5-3-2-4-6-24/h2-17,30H,18-19H2,1H3,(H,31,32). The Morgan fingerprint density at radius 1 is 0.800 bits per heavy atom. The summed E-state index contributed by atoms with van der Waals surface area (Å²) in [5, 5.41) is 6.02. The van der Waals surface area contributed by atoms with Crippen LogP contribution in [0.5, 0.6) is 23.0 Å². The molecule has 0 heterocycles. The van der Waals surface area contributed by atoms with Crippen molar-refractivity contribution in [3.63, 3.8) is 0 Å². The lowest BCUT2D eigenvalue weighted by molar-refractivity contribution is -0.118. The average Bonchev–Trinajstić information content (AvgIpc) is 2.89. The van der Waals surface area contributed by atoms with Crippen molar-refractivity contribution in [2.75, 3.05) is 24.4 Å². The summed E-state index contributed by atoms with van der Waals surface area (Å²) in [5.41, 5.74) is 2.42. The number of rotatable bonds is 10. The minimum atomic E-state index is -0.368. The predicted octanol–water partition coefficient (Wildman–Crippen LogP) is 6.26. The van der Waals surface area contributed by atoms with Gasteiger partial charge in [0, 0.05) is 17.9 Å². The summed E-state index contributed by atoms with van der Waals surface area (Å²) < 4.78 is 29.9.